The molecule has 0 saturated carbocycles. The second-order valence-electron chi connectivity index (χ2n) is 9.01. The number of aromatic nitrogens is 1. The van der Waals surface area contributed by atoms with Gasteiger partial charge in [-0.2, -0.15) is 0 Å². The number of carbonyl (C=O) groups is 2. The van der Waals surface area contributed by atoms with Crippen LogP contribution in [-0.4, -0.2) is 66.1 Å². The molecule has 11 heteroatoms. The minimum Gasteiger partial charge on any atom is -0.486 e. The second-order valence-corrected chi connectivity index (χ2v) is 9.75. The van der Waals surface area contributed by atoms with Gasteiger partial charge in [0.05, 0.1) is 11.4 Å². The van der Waals surface area contributed by atoms with Gasteiger partial charge < -0.3 is 35.6 Å². The molecule has 0 radical (unpaired) electrons. The summed E-state index contributed by atoms with van der Waals surface area (Å²) < 4.78 is 11.2. The summed E-state index contributed by atoms with van der Waals surface area (Å²) in [6.45, 7) is 4.82. The number of carbonyl (C=O) groups excluding carboxylic acids is 2. The maximum Gasteiger partial charge on any atom is 0.322 e. The van der Waals surface area contributed by atoms with E-state index in [1.807, 2.05) is 6.07 Å². The molecule has 3 aromatic rings. The summed E-state index contributed by atoms with van der Waals surface area (Å²) in [4.78, 5) is 34.3. The molecular formula is C26H30N6O4S. The standard InChI is InChI=1S/C26H30N6O4S/c27-20-16-37-17-22(20)30-25(33)21-5-3-18(14-28-21)15-32(10-9-31-7-1-2-8-31)26(34)29-19-4-6-23-24(13-19)36-12-11-35-23/h3-6,13-14,16-17H,1-2,7-12,15,27H2,(H,29,34)(H,30,33). The summed E-state index contributed by atoms with van der Waals surface area (Å²) in [5.41, 5.74) is 8.68. The Morgan fingerprint density at radius 2 is 1.86 bits per heavy atom. The fraction of sp³-hybridized carbons (Fsp3) is 0.346. The van der Waals surface area contributed by atoms with Crippen molar-refractivity contribution in [2.45, 2.75) is 19.4 Å². The minimum absolute atomic E-state index is 0.217. The summed E-state index contributed by atoms with van der Waals surface area (Å²) in [5, 5.41) is 9.30. The van der Waals surface area contributed by atoms with Crippen molar-refractivity contribution in [3.63, 3.8) is 0 Å². The number of nitrogen functional groups attached to an aromatic ring is 1. The number of thiophene rings is 1. The van der Waals surface area contributed by atoms with E-state index in [1.165, 1.54) is 24.2 Å². The SMILES string of the molecule is Nc1cscc1NC(=O)c1ccc(CN(CCN2CCCC2)C(=O)Nc2ccc3c(c2)OCCO3)cn1. The van der Waals surface area contributed by atoms with Crippen molar-refractivity contribution in [1.82, 2.24) is 14.8 Å². The van der Waals surface area contributed by atoms with Crippen LogP contribution in [0.1, 0.15) is 28.9 Å². The first-order valence-electron chi connectivity index (χ1n) is 12.3. The van der Waals surface area contributed by atoms with Gasteiger partial charge in [0, 0.05) is 48.3 Å². The Bertz CT molecular complexity index is 1240. The van der Waals surface area contributed by atoms with E-state index in [1.54, 1.807) is 46.1 Å². The Hall–Kier alpha value is -3.83. The maximum absolute atomic E-state index is 13.3. The van der Waals surface area contributed by atoms with E-state index in [0.717, 1.165) is 25.2 Å². The zero-order valence-corrected chi connectivity index (χ0v) is 21.3. The van der Waals surface area contributed by atoms with Gasteiger partial charge in [-0.25, -0.2) is 4.79 Å². The van der Waals surface area contributed by atoms with E-state index in [9.17, 15) is 9.59 Å². The van der Waals surface area contributed by atoms with Crippen molar-refractivity contribution >= 4 is 40.3 Å². The van der Waals surface area contributed by atoms with E-state index < -0.39 is 0 Å². The lowest BCUT2D eigenvalue weighted by molar-refractivity contribution is 0.102. The number of benzene rings is 1. The number of nitrogens with two attached hydrogens (primary N) is 1. The molecule has 4 heterocycles. The highest BCUT2D eigenvalue weighted by Gasteiger charge is 2.20. The summed E-state index contributed by atoms with van der Waals surface area (Å²) in [7, 11) is 0. The summed E-state index contributed by atoms with van der Waals surface area (Å²) in [6.07, 6.45) is 4.01. The predicted octanol–water partition coefficient (Wildman–Crippen LogP) is 3.88. The number of anilines is 3. The van der Waals surface area contributed by atoms with E-state index in [-0.39, 0.29) is 17.6 Å². The molecule has 2 aromatic heterocycles. The average Bonchev–Trinajstić information content (AvgIpc) is 3.58. The molecule has 10 nitrogen and oxygen atoms in total. The maximum atomic E-state index is 13.3. The number of pyridine rings is 1. The normalized spacial score (nSPS) is 14.8. The fourth-order valence-corrected chi connectivity index (χ4v) is 4.98. The molecule has 0 spiro atoms. The second kappa shape index (κ2) is 11.5. The number of nitrogens with zero attached hydrogens (tertiary/aromatic N) is 3. The van der Waals surface area contributed by atoms with E-state index in [4.69, 9.17) is 15.2 Å². The minimum atomic E-state index is -0.334. The molecule has 1 fully saturated rings. The highest BCUT2D eigenvalue weighted by atomic mass is 32.1. The number of amides is 3. The third-order valence-electron chi connectivity index (χ3n) is 6.34. The molecule has 4 N–H and O–H groups in total. The number of urea groups is 1. The predicted molar refractivity (Wildman–Crippen MR) is 143 cm³/mol. The topological polar surface area (TPSA) is 122 Å². The van der Waals surface area contributed by atoms with Crippen molar-refractivity contribution in [1.29, 1.82) is 0 Å². The van der Waals surface area contributed by atoms with Crippen LogP contribution in [0.4, 0.5) is 21.9 Å². The number of hydrogen-bond donors (Lipinski definition) is 3. The molecular weight excluding hydrogens is 492 g/mol. The van der Waals surface area contributed by atoms with Gasteiger partial charge in [0.15, 0.2) is 11.5 Å². The van der Waals surface area contributed by atoms with Gasteiger partial charge >= 0.3 is 6.03 Å². The fourth-order valence-electron chi connectivity index (χ4n) is 4.31. The van der Waals surface area contributed by atoms with Crippen LogP contribution in [0, 0.1) is 0 Å². The molecule has 37 heavy (non-hydrogen) atoms. The quantitative estimate of drug-likeness (QED) is 0.410. The lowest BCUT2D eigenvalue weighted by Crippen LogP contribution is -2.40. The smallest absolute Gasteiger partial charge is 0.322 e. The van der Waals surface area contributed by atoms with Crippen LogP contribution >= 0.6 is 11.3 Å². The van der Waals surface area contributed by atoms with Gasteiger partial charge in [0.1, 0.15) is 18.9 Å². The Labute approximate surface area is 219 Å². The molecule has 0 atom stereocenters. The van der Waals surface area contributed by atoms with Gasteiger partial charge in [0.25, 0.3) is 5.91 Å². The van der Waals surface area contributed by atoms with E-state index in [0.29, 0.717) is 54.9 Å². The number of fused-ring (bicyclic) bond motifs is 1. The van der Waals surface area contributed by atoms with Crippen LogP contribution in [0.3, 0.4) is 0 Å². The van der Waals surface area contributed by atoms with Gasteiger partial charge in [-0.15, -0.1) is 11.3 Å². The summed E-state index contributed by atoms with van der Waals surface area (Å²) in [5.74, 6) is 0.959. The van der Waals surface area contributed by atoms with Crippen molar-refractivity contribution in [3.8, 4) is 11.5 Å². The molecule has 0 aliphatic carbocycles. The van der Waals surface area contributed by atoms with E-state index in [2.05, 4.69) is 20.5 Å². The Morgan fingerprint density at radius 3 is 2.59 bits per heavy atom. The van der Waals surface area contributed by atoms with Crippen LogP contribution in [0.5, 0.6) is 11.5 Å². The van der Waals surface area contributed by atoms with Crippen molar-refractivity contribution in [2.75, 3.05) is 55.8 Å². The third-order valence-corrected chi connectivity index (χ3v) is 7.10. The number of rotatable bonds is 8. The first kappa shape index (κ1) is 24.8. The number of likely N-dealkylation sites (tertiary alicyclic amines) is 1. The third kappa shape index (κ3) is 6.30. The molecule has 0 unspecified atom stereocenters. The van der Waals surface area contributed by atoms with Gasteiger partial charge in [-0.1, -0.05) is 6.07 Å². The molecule has 2 aliphatic rings. The molecule has 2 aliphatic heterocycles. The van der Waals surface area contributed by atoms with Crippen LogP contribution in [0.2, 0.25) is 0 Å². The summed E-state index contributed by atoms with van der Waals surface area (Å²) in [6, 6.07) is 8.64. The van der Waals surface area contributed by atoms with Crippen molar-refractivity contribution in [3.05, 3.63) is 58.5 Å². The van der Waals surface area contributed by atoms with Crippen LogP contribution in [0.25, 0.3) is 0 Å². The van der Waals surface area contributed by atoms with Gasteiger partial charge in [0.2, 0.25) is 0 Å². The van der Waals surface area contributed by atoms with Crippen molar-refractivity contribution in [2.24, 2.45) is 0 Å². The zero-order valence-electron chi connectivity index (χ0n) is 20.4. The van der Waals surface area contributed by atoms with Crippen molar-refractivity contribution < 1.29 is 19.1 Å². The highest BCUT2D eigenvalue weighted by Crippen LogP contribution is 2.32. The van der Waals surface area contributed by atoms with Crippen LogP contribution in [0.15, 0.2) is 47.3 Å². The molecule has 0 bridgehead atoms. The zero-order chi connectivity index (χ0) is 25.6. The molecule has 194 valence electrons. The Kier molecular flexibility index (Phi) is 7.71. The Balaban J connectivity index is 1.25. The number of hydrogen-bond acceptors (Lipinski definition) is 8. The van der Waals surface area contributed by atoms with E-state index >= 15 is 0 Å². The molecule has 1 saturated heterocycles. The average molecular weight is 523 g/mol. The summed E-state index contributed by atoms with van der Waals surface area (Å²) >= 11 is 1.42. The highest BCUT2D eigenvalue weighted by molar-refractivity contribution is 7.09. The van der Waals surface area contributed by atoms with Gasteiger partial charge in [-0.05, 0) is 49.7 Å². The molecule has 5 rings (SSSR count). The lowest BCUT2D eigenvalue weighted by Gasteiger charge is -2.26. The first-order chi connectivity index (χ1) is 18.0. The first-order valence-corrected chi connectivity index (χ1v) is 13.3. The number of nitrogens with one attached hydrogen (secondary N) is 2. The van der Waals surface area contributed by atoms with Gasteiger partial charge in [-0.3, -0.25) is 9.78 Å². The number of ether oxygens (including phenoxy) is 2. The monoisotopic (exact) mass is 522 g/mol. The van der Waals surface area contributed by atoms with Crippen LogP contribution in [-0.2, 0) is 6.54 Å². The van der Waals surface area contributed by atoms with Crippen LogP contribution < -0.4 is 25.8 Å². The lowest BCUT2D eigenvalue weighted by atomic mass is 10.2. The Morgan fingerprint density at radius 1 is 1.05 bits per heavy atom. The molecule has 3 amide bonds. The molecule has 1 aromatic carbocycles. The largest absolute Gasteiger partial charge is 0.486 e.